The minimum absolute atomic E-state index is 0.107. The van der Waals surface area contributed by atoms with Gasteiger partial charge in [-0.05, 0) is 57.5 Å². The Kier molecular flexibility index (Phi) is 7.15. The number of halogens is 1. The van der Waals surface area contributed by atoms with Crippen LogP contribution in [-0.2, 0) is 9.53 Å². The quantitative estimate of drug-likeness (QED) is 0.478. The smallest absolute Gasteiger partial charge is 0.251 e. The number of nitrogens with one attached hydrogen (secondary N) is 1. The Balaban J connectivity index is 2.18. The number of ether oxygens (including phenoxy) is 1. The van der Waals surface area contributed by atoms with Crippen LogP contribution in [0.25, 0.3) is 0 Å². The van der Waals surface area contributed by atoms with E-state index in [0.717, 1.165) is 17.6 Å². The Bertz CT molecular complexity index is 849. The van der Waals surface area contributed by atoms with Crippen LogP contribution in [-0.4, -0.2) is 24.7 Å². The summed E-state index contributed by atoms with van der Waals surface area (Å²) >= 11 is 0. The van der Waals surface area contributed by atoms with Crippen molar-refractivity contribution in [2.45, 2.75) is 39.7 Å². The van der Waals surface area contributed by atoms with Crippen LogP contribution < -0.4 is 5.32 Å². The molecule has 1 fully saturated rings. The van der Waals surface area contributed by atoms with E-state index < -0.39 is 0 Å². The van der Waals surface area contributed by atoms with Crippen LogP contribution in [0.4, 0.5) is 4.39 Å². The third-order valence-electron chi connectivity index (χ3n) is 4.41. The number of allylic oxidation sites excluding steroid dienone is 4. The van der Waals surface area contributed by atoms with E-state index in [-0.39, 0.29) is 17.3 Å². The van der Waals surface area contributed by atoms with Gasteiger partial charge >= 0.3 is 0 Å². The van der Waals surface area contributed by atoms with Crippen molar-refractivity contribution in [3.63, 3.8) is 0 Å². The van der Waals surface area contributed by atoms with Gasteiger partial charge in [0, 0.05) is 16.7 Å². The van der Waals surface area contributed by atoms with Gasteiger partial charge in [0.05, 0.1) is 18.8 Å². The Labute approximate surface area is 161 Å². The lowest BCUT2D eigenvalue weighted by Gasteiger charge is -2.38. The first-order valence-electron chi connectivity index (χ1n) is 9.09. The predicted octanol–water partition coefficient (Wildman–Crippen LogP) is 4.31. The highest BCUT2D eigenvalue weighted by molar-refractivity contribution is 5.97. The second kappa shape index (κ2) is 9.34. The van der Waals surface area contributed by atoms with Gasteiger partial charge in [-0.3, -0.25) is 4.79 Å². The molecule has 142 valence electrons. The number of amides is 1. The van der Waals surface area contributed by atoms with Gasteiger partial charge in [-0.25, -0.2) is 4.39 Å². The summed E-state index contributed by atoms with van der Waals surface area (Å²) in [5, 5.41) is 3.04. The maximum absolute atomic E-state index is 13.3. The molecule has 0 radical (unpaired) electrons. The molecule has 0 unspecified atom stereocenters. The van der Waals surface area contributed by atoms with E-state index in [1.54, 1.807) is 18.2 Å². The zero-order chi connectivity index (χ0) is 19.9. The second-order valence-electron chi connectivity index (χ2n) is 6.89. The largest absolute Gasteiger partial charge is 0.376 e. The summed E-state index contributed by atoms with van der Waals surface area (Å²) in [6.07, 6.45) is 6.26. The lowest BCUT2D eigenvalue weighted by atomic mass is 9.98. The molecular formula is C23H26FNO2. The molecule has 3 nitrogen and oxygen atoms in total. The van der Waals surface area contributed by atoms with Crippen molar-refractivity contribution in [1.29, 1.82) is 0 Å². The van der Waals surface area contributed by atoms with Crippen LogP contribution in [0.5, 0.6) is 0 Å². The average molecular weight is 367 g/mol. The van der Waals surface area contributed by atoms with Gasteiger partial charge in [0.25, 0.3) is 5.91 Å². The Morgan fingerprint density at radius 1 is 1.37 bits per heavy atom. The lowest BCUT2D eigenvalue weighted by Crippen LogP contribution is -2.60. The molecule has 1 aromatic rings. The van der Waals surface area contributed by atoms with E-state index in [4.69, 9.17) is 4.74 Å². The third-order valence-corrected chi connectivity index (χ3v) is 4.41. The first-order valence-corrected chi connectivity index (χ1v) is 9.09. The molecule has 0 atom stereocenters. The topological polar surface area (TPSA) is 38.3 Å². The molecule has 1 amide bonds. The fraction of sp³-hybridized carbons (Fsp3) is 0.348. The molecule has 0 aliphatic carbocycles. The summed E-state index contributed by atoms with van der Waals surface area (Å²) < 4.78 is 18.5. The van der Waals surface area contributed by atoms with Gasteiger partial charge in [-0.1, -0.05) is 36.5 Å². The summed E-state index contributed by atoms with van der Waals surface area (Å²) in [5.41, 5.74) is 2.70. The van der Waals surface area contributed by atoms with Crippen LogP contribution in [0.3, 0.4) is 0 Å². The van der Waals surface area contributed by atoms with Crippen molar-refractivity contribution in [2.24, 2.45) is 0 Å². The standard InChI is InChI=1S/C23H26FNO2/c1-5-17(3)21(22(26)25-23(4)15-27-16-23)13-12-18(6-2)10-11-19-8-7-9-20(24)14-19/h6-9,12-14H,5,15-16H2,1-4H3,(H,25,26). The van der Waals surface area contributed by atoms with Crippen LogP contribution in [0.15, 0.2) is 59.2 Å². The fourth-order valence-electron chi connectivity index (χ4n) is 2.52. The highest BCUT2D eigenvalue weighted by Crippen LogP contribution is 2.18. The van der Waals surface area contributed by atoms with Gasteiger partial charge in [-0.2, -0.15) is 0 Å². The highest BCUT2D eigenvalue weighted by atomic mass is 19.1. The molecule has 1 saturated heterocycles. The van der Waals surface area contributed by atoms with Crippen molar-refractivity contribution in [1.82, 2.24) is 5.32 Å². The maximum Gasteiger partial charge on any atom is 0.251 e. The maximum atomic E-state index is 13.3. The number of hydrogen-bond donors (Lipinski definition) is 1. The van der Waals surface area contributed by atoms with Gasteiger partial charge in [0.1, 0.15) is 5.82 Å². The summed E-state index contributed by atoms with van der Waals surface area (Å²) in [7, 11) is 0. The average Bonchev–Trinajstić information content (AvgIpc) is 2.62. The molecule has 1 aromatic carbocycles. The molecule has 1 aliphatic rings. The SMILES string of the molecule is CC=C(C#Cc1cccc(F)c1)C=CC(C(=O)NC1(C)COC1)=C(C)CC. The molecule has 1 heterocycles. The first-order chi connectivity index (χ1) is 12.9. The third kappa shape index (κ3) is 5.94. The number of benzene rings is 1. The van der Waals surface area contributed by atoms with E-state index >= 15 is 0 Å². The Morgan fingerprint density at radius 3 is 2.67 bits per heavy atom. The van der Waals surface area contributed by atoms with E-state index in [0.29, 0.717) is 24.4 Å². The normalized spacial score (nSPS) is 16.9. The van der Waals surface area contributed by atoms with Gasteiger partial charge in [0.2, 0.25) is 0 Å². The summed E-state index contributed by atoms with van der Waals surface area (Å²) in [6, 6.07) is 6.17. The Hall–Kier alpha value is -2.64. The zero-order valence-corrected chi connectivity index (χ0v) is 16.4. The number of carbonyl (C=O) groups is 1. The second-order valence-corrected chi connectivity index (χ2v) is 6.89. The molecule has 0 aromatic heterocycles. The summed E-state index contributed by atoms with van der Waals surface area (Å²) in [4.78, 5) is 12.7. The molecular weight excluding hydrogens is 341 g/mol. The van der Waals surface area contributed by atoms with Crippen LogP contribution >= 0.6 is 0 Å². The lowest BCUT2D eigenvalue weighted by molar-refractivity contribution is -0.127. The molecule has 1 N–H and O–H groups in total. The highest BCUT2D eigenvalue weighted by Gasteiger charge is 2.35. The van der Waals surface area contributed by atoms with Crippen LogP contribution in [0, 0.1) is 17.7 Å². The van der Waals surface area contributed by atoms with E-state index in [1.165, 1.54) is 12.1 Å². The summed E-state index contributed by atoms with van der Waals surface area (Å²) in [6.45, 7) is 8.87. The minimum Gasteiger partial charge on any atom is -0.376 e. The minimum atomic E-state index is -0.312. The monoisotopic (exact) mass is 367 g/mol. The molecule has 27 heavy (non-hydrogen) atoms. The van der Waals surface area contributed by atoms with Gasteiger partial charge < -0.3 is 10.1 Å². The molecule has 0 saturated carbocycles. The number of hydrogen-bond acceptors (Lipinski definition) is 2. The molecule has 4 heteroatoms. The van der Waals surface area contributed by atoms with E-state index in [1.807, 2.05) is 39.8 Å². The fourth-order valence-corrected chi connectivity index (χ4v) is 2.52. The van der Waals surface area contributed by atoms with Crippen molar-refractivity contribution in [3.05, 3.63) is 70.6 Å². The Morgan fingerprint density at radius 2 is 2.11 bits per heavy atom. The van der Waals surface area contributed by atoms with E-state index in [2.05, 4.69) is 17.2 Å². The molecule has 2 rings (SSSR count). The number of carbonyl (C=O) groups excluding carboxylic acids is 1. The predicted molar refractivity (Wildman–Crippen MR) is 107 cm³/mol. The molecule has 0 bridgehead atoms. The van der Waals surface area contributed by atoms with Crippen molar-refractivity contribution >= 4 is 5.91 Å². The first kappa shape index (κ1) is 20.7. The van der Waals surface area contributed by atoms with Gasteiger partial charge in [0.15, 0.2) is 0 Å². The summed E-state index contributed by atoms with van der Waals surface area (Å²) in [5.74, 6) is 5.55. The zero-order valence-electron chi connectivity index (χ0n) is 16.4. The van der Waals surface area contributed by atoms with Crippen molar-refractivity contribution in [3.8, 4) is 11.8 Å². The van der Waals surface area contributed by atoms with Crippen LogP contribution in [0.2, 0.25) is 0 Å². The van der Waals surface area contributed by atoms with Crippen molar-refractivity contribution in [2.75, 3.05) is 13.2 Å². The molecule has 0 spiro atoms. The van der Waals surface area contributed by atoms with Gasteiger partial charge in [-0.15, -0.1) is 0 Å². The van der Waals surface area contributed by atoms with Crippen LogP contribution in [0.1, 0.15) is 39.7 Å². The van der Waals surface area contributed by atoms with Crippen molar-refractivity contribution < 1.29 is 13.9 Å². The molecule has 1 aliphatic heterocycles. The van der Waals surface area contributed by atoms with E-state index in [9.17, 15) is 9.18 Å². The number of rotatable bonds is 5.